The second-order valence-corrected chi connectivity index (χ2v) is 6.37. The summed E-state index contributed by atoms with van der Waals surface area (Å²) in [6, 6.07) is 5.26. The van der Waals surface area contributed by atoms with Crippen LogP contribution in [0.3, 0.4) is 0 Å². The largest absolute Gasteiger partial charge is 0.378 e. The lowest BCUT2D eigenvalue weighted by molar-refractivity contribution is -0.113. The van der Waals surface area contributed by atoms with E-state index < -0.39 is 0 Å². The predicted octanol–water partition coefficient (Wildman–Crippen LogP) is 3.30. The summed E-state index contributed by atoms with van der Waals surface area (Å²) in [5.74, 6) is -0.252. The summed E-state index contributed by atoms with van der Waals surface area (Å²) in [7, 11) is 0. The van der Waals surface area contributed by atoms with E-state index in [0.29, 0.717) is 33.7 Å². The SMILES string of the molecule is O=C1N=C(N2CCOCC2)S/C1=C\c1c(Cl)cccc1Cl. The molecule has 0 bridgehead atoms. The lowest BCUT2D eigenvalue weighted by Crippen LogP contribution is -2.38. The van der Waals surface area contributed by atoms with Crippen molar-refractivity contribution in [2.24, 2.45) is 4.99 Å². The summed E-state index contributed by atoms with van der Waals surface area (Å²) < 4.78 is 5.30. The van der Waals surface area contributed by atoms with Gasteiger partial charge in [0.05, 0.1) is 18.1 Å². The van der Waals surface area contributed by atoms with E-state index in [1.54, 1.807) is 24.3 Å². The quantitative estimate of drug-likeness (QED) is 0.734. The Morgan fingerprint density at radius 3 is 2.57 bits per heavy atom. The molecule has 1 aromatic rings. The number of amides is 1. The van der Waals surface area contributed by atoms with Gasteiger partial charge in [-0.1, -0.05) is 29.3 Å². The molecule has 21 heavy (non-hydrogen) atoms. The van der Waals surface area contributed by atoms with Crippen LogP contribution in [-0.4, -0.2) is 42.3 Å². The van der Waals surface area contributed by atoms with Gasteiger partial charge in [-0.15, -0.1) is 0 Å². The van der Waals surface area contributed by atoms with E-state index in [4.69, 9.17) is 27.9 Å². The molecule has 0 N–H and O–H groups in total. The number of rotatable bonds is 1. The number of hydrogen-bond acceptors (Lipinski definition) is 4. The zero-order chi connectivity index (χ0) is 14.8. The summed E-state index contributed by atoms with van der Waals surface area (Å²) in [6.07, 6.45) is 1.70. The Bertz CT molecular complexity index is 620. The number of hydrogen-bond donors (Lipinski definition) is 0. The Labute approximate surface area is 136 Å². The topological polar surface area (TPSA) is 41.9 Å². The molecule has 0 aliphatic carbocycles. The van der Waals surface area contributed by atoms with Gasteiger partial charge in [-0.05, 0) is 30.0 Å². The molecule has 0 aromatic heterocycles. The lowest BCUT2D eigenvalue weighted by atomic mass is 10.2. The third-order valence-electron chi connectivity index (χ3n) is 3.17. The first-order chi connectivity index (χ1) is 10.1. The smallest absolute Gasteiger partial charge is 0.286 e. The van der Waals surface area contributed by atoms with Crippen LogP contribution in [0, 0.1) is 0 Å². The van der Waals surface area contributed by atoms with E-state index in [1.807, 2.05) is 0 Å². The van der Waals surface area contributed by atoms with Gasteiger partial charge in [0.15, 0.2) is 5.17 Å². The minimum Gasteiger partial charge on any atom is -0.378 e. The molecule has 1 saturated heterocycles. The fourth-order valence-corrected chi connectivity index (χ4v) is 3.52. The average molecular weight is 343 g/mol. The summed E-state index contributed by atoms with van der Waals surface area (Å²) >= 11 is 13.6. The summed E-state index contributed by atoms with van der Waals surface area (Å²) in [5, 5.41) is 1.75. The number of ether oxygens (including phenoxy) is 1. The molecule has 2 aliphatic rings. The predicted molar refractivity (Wildman–Crippen MR) is 86.9 cm³/mol. The van der Waals surface area contributed by atoms with Gasteiger partial charge < -0.3 is 9.64 Å². The number of halogens is 2. The lowest BCUT2D eigenvalue weighted by Gasteiger charge is -2.27. The van der Waals surface area contributed by atoms with Gasteiger partial charge >= 0.3 is 0 Å². The minimum atomic E-state index is -0.252. The third-order valence-corrected chi connectivity index (χ3v) is 4.87. The fourth-order valence-electron chi connectivity index (χ4n) is 2.07. The molecule has 110 valence electrons. The van der Waals surface area contributed by atoms with Gasteiger partial charge in [0, 0.05) is 28.7 Å². The summed E-state index contributed by atoms with van der Waals surface area (Å²) in [5.41, 5.74) is 0.648. The maximum Gasteiger partial charge on any atom is 0.286 e. The van der Waals surface area contributed by atoms with Crippen LogP contribution in [-0.2, 0) is 9.53 Å². The Morgan fingerprint density at radius 2 is 1.90 bits per heavy atom. The monoisotopic (exact) mass is 342 g/mol. The third kappa shape index (κ3) is 3.26. The number of benzene rings is 1. The van der Waals surface area contributed by atoms with E-state index in [0.717, 1.165) is 18.3 Å². The number of morpholine rings is 1. The Kier molecular flexibility index (Phi) is 4.54. The van der Waals surface area contributed by atoms with Crippen LogP contribution in [0.4, 0.5) is 0 Å². The normalized spacial score (nSPS) is 21.0. The number of aliphatic imine (C=N–C) groups is 1. The highest BCUT2D eigenvalue weighted by atomic mass is 35.5. The molecule has 3 rings (SSSR count). The standard InChI is InChI=1S/C14H12Cl2N2O2S/c15-10-2-1-3-11(16)9(10)8-12-13(19)17-14(21-12)18-4-6-20-7-5-18/h1-3,8H,4-7H2/b12-8-. The van der Waals surface area contributed by atoms with E-state index in [2.05, 4.69) is 9.89 Å². The van der Waals surface area contributed by atoms with E-state index in [9.17, 15) is 4.79 Å². The van der Waals surface area contributed by atoms with Crippen LogP contribution in [0.25, 0.3) is 6.08 Å². The van der Waals surface area contributed by atoms with Gasteiger partial charge in [0.2, 0.25) is 0 Å². The molecular weight excluding hydrogens is 331 g/mol. The van der Waals surface area contributed by atoms with Crippen molar-refractivity contribution in [1.82, 2.24) is 4.90 Å². The van der Waals surface area contributed by atoms with Crippen LogP contribution in [0.5, 0.6) is 0 Å². The van der Waals surface area contributed by atoms with Crippen molar-refractivity contribution in [2.75, 3.05) is 26.3 Å². The highest BCUT2D eigenvalue weighted by molar-refractivity contribution is 8.18. The molecule has 2 aliphatic heterocycles. The van der Waals surface area contributed by atoms with Crippen molar-refractivity contribution >= 4 is 52.1 Å². The molecule has 0 radical (unpaired) electrons. The zero-order valence-electron chi connectivity index (χ0n) is 11.0. The number of carbonyl (C=O) groups is 1. The van der Waals surface area contributed by atoms with Crippen molar-refractivity contribution in [3.05, 3.63) is 38.7 Å². The first-order valence-electron chi connectivity index (χ1n) is 6.44. The highest BCUT2D eigenvalue weighted by Crippen LogP contribution is 2.34. The first-order valence-corrected chi connectivity index (χ1v) is 8.01. The molecule has 1 aromatic carbocycles. The zero-order valence-corrected chi connectivity index (χ0v) is 13.3. The molecular formula is C14H12Cl2N2O2S. The molecule has 0 saturated carbocycles. The number of carbonyl (C=O) groups excluding carboxylic acids is 1. The van der Waals surface area contributed by atoms with Crippen LogP contribution >= 0.6 is 35.0 Å². The molecule has 0 spiro atoms. The molecule has 2 heterocycles. The van der Waals surface area contributed by atoms with Crippen molar-refractivity contribution in [2.45, 2.75) is 0 Å². The molecule has 0 unspecified atom stereocenters. The van der Waals surface area contributed by atoms with E-state index in [-0.39, 0.29) is 5.91 Å². The summed E-state index contributed by atoms with van der Waals surface area (Å²) in [6.45, 7) is 2.81. The molecule has 4 nitrogen and oxygen atoms in total. The molecule has 7 heteroatoms. The fraction of sp³-hybridized carbons (Fsp3) is 0.286. The number of amidine groups is 1. The Hall–Kier alpha value is -1.01. The number of nitrogens with zero attached hydrogens (tertiary/aromatic N) is 2. The van der Waals surface area contributed by atoms with Gasteiger partial charge in [0.25, 0.3) is 5.91 Å². The molecule has 0 atom stereocenters. The second-order valence-electron chi connectivity index (χ2n) is 4.54. The minimum absolute atomic E-state index is 0.252. The highest BCUT2D eigenvalue weighted by Gasteiger charge is 2.27. The maximum absolute atomic E-state index is 12.0. The van der Waals surface area contributed by atoms with Gasteiger partial charge in [-0.2, -0.15) is 4.99 Å². The summed E-state index contributed by atoms with van der Waals surface area (Å²) in [4.78, 5) is 18.7. The van der Waals surface area contributed by atoms with Gasteiger partial charge in [-0.25, -0.2) is 0 Å². The number of thioether (sulfide) groups is 1. The van der Waals surface area contributed by atoms with Crippen molar-refractivity contribution in [1.29, 1.82) is 0 Å². The Balaban J connectivity index is 1.82. The second kappa shape index (κ2) is 6.40. The van der Waals surface area contributed by atoms with Gasteiger partial charge in [0.1, 0.15) is 0 Å². The molecule has 1 fully saturated rings. The average Bonchev–Trinajstić information content (AvgIpc) is 2.85. The van der Waals surface area contributed by atoms with Crippen molar-refractivity contribution < 1.29 is 9.53 Å². The van der Waals surface area contributed by atoms with Crippen LogP contribution in [0.2, 0.25) is 10.0 Å². The van der Waals surface area contributed by atoms with Crippen LogP contribution < -0.4 is 0 Å². The van der Waals surface area contributed by atoms with Crippen molar-refractivity contribution in [3.8, 4) is 0 Å². The maximum atomic E-state index is 12.0. The first kappa shape index (κ1) is 14.9. The van der Waals surface area contributed by atoms with E-state index >= 15 is 0 Å². The Morgan fingerprint density at radius 1 is 1.24 bits per heavy atom. The molecule has 1 amide bonds. The van der Waals surface area contributed by atoms with Crippen molar-refractivity contribution in [3.63, 3.8) is 0 Å². The van der Waals surface area contributed by atoms with E-state index in [1.165, 1.54) is 11.8 Å². The van der Waals surface area contributed by atoms with Crippen LogP contribution in [0.15, 0.2) is 28.1 Å². The van der Waals surface area contributed by atoms with Crippen LogP contribution in [0.1, 0.15) is 5.56 Å². The van der Waals surface area contributed by atoms with Gasteiger partial charge in [-0.3, -0.25) is 4.79 Å².